The van der Waals surface area contributed by atoms with E-state index in [4.69, 9.17) is 0 Å². The molecule has 4 heteroatoms. The molecule has 2 aliphatic carbocycles. The topological polar surface area (TPSA) is 0 Å². The molecule has 301 valence electrons. The van der Waals surface area contributed by atoms with Crippen LogP contribution in [0.5, 0.6) is 0 Å². The first-order valence-electron chi connectivity index (χ1n) is 22.1. The molecule has 8 aromatic rings. The maximum absolute atomic E-state index is 9.56. The Kier molecular flexibility index (Phi) is 10.0. The molecular weight excluding hydrogens is 887 g/mol. The number of rotatable bonds is 9. The Balaban J connectivity index is 1.30. The third-order valence-corrected chi connectivity index (χ3v) is 36.6. The zero-order valence-electron chi connectivity index (χ0n) is 35.1. The van der Waals surface area contributed by atoms with E-state index in [0.29, 0.717) is 0 Å². The first-order chi connectivity index (χ1) is 30.4. The van der Waals surface area contributed by atoms with E-state index in [0.717, 1.165) is 12.8 Å². The van der Waals surface area contributed by atoms with Crippen molar-refractivity contribution in [1.29, 1.82) is 0 Å². The van der Waals surface area contributed by atoms with Crippen LogP contribution in [-0.4, -0.2) is 9.52 Å². The molecule has 0 nitrogen and oxygen atoms in total. The van der Waals surface area contributed by atoms with Gasteiger partial charge in [0.2, 0.25) is 0 Å². The summed E-state index contributed by atoms with van der Waals surface area (Å²) in [6.07, 6.45) is 6.82. The molecule has 1 heterocycles. The monoisotopic (exact) mass is 931 g/mol. The van der Waals surface area contributed by atoms with E-state index >= 15 is 0 Å². The molecule has 62 heavy (non-hydrogen) atoms. The van der Waals surface area contributed by atoms with Gasteiger partial charge in [0.25, 0.3) is 0 Å². The Morgan fingerprint density at radius 1 is 0.435 bits per heavy atom. The number of aryl methyl sites for hydroxylation is 2. The van der Waals surface area contributed by atoms with Crippen molar-refractivity contribution in [3.05, 3.63) is 233 Å². The molecule has 11 rings (SSSR count). The molecule has 2 unspecified atom stereocenters. The number of hydrogen-bond acceptors (Lipinski definition) is 0. The number of halogens is 2. The molecule has 0 radical (unpaired) electrons. The molecule has 0 aromatic heterocycles. The summed E-state index contributed by atoms with van der Waals surface area (Å²) < 4.78 is 0.712. The number of benzene rings is 8. The average Bonchev–Trinajstić information content (AvgIpc) is 4.05. The summed E-state index contributed by atoms with van der Waals surface area (Å²) >= 11 is -5.94. The van der Waals surface area contributed by atoms with E-state index in [1.165, 1.54) is 103 Å². The number of allylic oxidation sites excluding steroid dienone is 2. The van der Waals surface area contributed by atoms with Crippen molar-refractivity contribution >= 4 is 63.5 Å². The van der Waals surface area contributed by atoms with Crippen molar-refractivity contribution in [2.75, 3.05) is 0 Å². The SMILES string of the molecule is CCc1ccc2c(c1-c1ccccc1)C=C(c1ccccc1)[CH]2[Zr]([Cl])([Cl])([c]1cccc2c1[SiH2]c1ccccc1-2)[CH]1C(c2ccccc2)=Cc2c1ccc(CC)c2-c1ccccc1. The van der Waals surface area contributed by atoms with Crippen molar-refractivity contribution in [3.63, 3.8) is 0 Å². The molecule has 0 saturated heterocycles. The van der Waals surface area contributed by atoms with E-state index in [9.17, 15) is 17.0 Å². The zero-order valence-corrected chi connectivity index (χ0v) is 40.5. The van der Waals surface area contributed by atoms with Crippen LogP contribution in [0.4, 0.5) is 0 Å². The first kappa shape index (κ1) is 39.7. The predicted molar refractivity (Wildman–Crippen MR) is 268 cm³/mol. The van der Waals surface area contributed by atoms with Crippen LogP contribution in [0.25, 0.3) is 56.7 Å². The Morgan fingerprint density at radius 3 is 1.32 bits per heavy atom. The van der Waals surface area contributed by atoms with Crippen LogP contribution in [0.2, 0.25) is 0 Å². The van der Waals surface area contributed by atoms with E-state index in [1.54, 1.807) is 0 Å². The van der Waals surface area contributed by atoms with Crippen LogP contribution in [0.15, 0.2) is 188 Å². The van der Waals surface area contributed by atoms with Crippen LogP contribution in [0.1, 0.15) is 65.6 Å². The van der Waals surface area contributed by atoms with Gasteiger partial charge in [0.05, 0.1) is 0 Å². The fourth-order valence-electron chi connectivity index (χ4n) is 11.5. The normalized spacial score (nSPS) is 17.1. The summed E-state index contributed by atoms with van der Waals surface area (Å²) in [6, 6.07) is 69.5. The summed E-state index contributed by atoms with van der Waals surface area (Å²) in [5, 5.41) is 2.89. The molecule has 8 aromatic carbocycles. The summed E-state index contributed by atoms with van der Waals surface area (Å²) in [5.74, 6) is 0. The average molecular weight is 934 g/mol. The number of hydrogen-bond donors (Lipinski definition) is 0. The minimum absolute atomic E-state index is 0.260. The molecule has 0 spiro atoms. The fourth-order valence-corrected chi connectivity index (χ4v) is 38.5. The van der Waals surface area contributed by atoms with Gasteiger partial charge in [-0.05, 0) is 0 Å². The molecule has 1 aliphatic heterocycles. The molecular formula is C58H47Cl2SiZr. The summed E-state index contributed by atoms with van der Waals surface area (Å²) in [5.41, 5.74) is 20.2. The van der Waals surface area contributed by atoms with E-state index in [1.807, 2.05) is 0 Å². The van der Waals surface area contributed by atoms with Crippen molar-refractivity contribution < 1.29 is 16.4 Å². The van der Waals surface area contributed by atoms with Crippen LogP contribution in [-0.2, 0) is 29.2 Å². The fraction of sp³-hybridized carbons (Fsp3) is 0.103. The van der Waals surface area contributed by atoms with Gasteiger partial charge in [-0.1, -0.05) is 0 Å². The molecule has 0 bridgehead atoms. The van der Waals surface area contributed by atoms with Gasteiger partial charge < -0.3 is 0 Å². The van der Waals surface area contributed by atoms with Gasteiger partial charge in [-0.15, -0.1) is 0 Å². The van der Waals surface area contributed by atoms with Crippen molar-refractivity contribution in [1.82, 2.24) is 0 Å². The standard InChI is InChI=1S/2C23H19.C12H9Si.2ClH.Zr/c2*1-2-17-13-14-20-15-21(18-9-5-3-6-10-18)16-22(20)23(17)19-11-7-4-8-12-19;1-3-7-11-9(5-1)10-6-2-4-8-12(10)13-11;;;/h2*3-16H,2H2,1H3;1-7H,13H2;2*1H;/q;;;;;+2/p-2. The molecule has 3 aliphatic rings. The molecule has 0 amide bonds. The van der Waals surface area contributed by atoms with Gasteiger partial charge in [-0.25, -0.2) is 0 Å². The van der Waals surface area contributed by atoms with Gasteiger partial charge >= 0.3 is 380 Å². The van der Waals surface area contributed by atoms with Crippen molar-refractivity contribution in [3.8, 4) is 33.4 Å². The Labute approximate surface area is 376 Å². The molecule has 0 N–H and O–H groups in total. The van der Waals surface area contributed by atoms with Crippen molar-refractivity contribution in [2.24, 2.45) is 0 Å². The zero-order chi connectivity index (χ0) is 42.0. The second-order valence-electron chi connectivity index (χ2n) is 17.3. The van der Waals surface area contributed by atoms with Crippen LogP contribution >= 0.6 is 17.0 Å². The Hall–Kier alpha value is -5.08. The van der Waals surface area contributed by atoms with E-state index in [-0.39, 0.29) is 7.25 Å². The third kappa shape index (κ3) is 6.09. The quantitative estimate of drug-likeness (QED) is 0.127. The van der Waals surface area contributed by atoms with Gasteiger partial charge in [-0.3, -0.25) is 0 Å². The predicted octanol–water partition coefficient (Wildman–Crippen LogP) is 13.5. The third-order valence-electron chi connectivity index (χ3n) is 14.1. The summed E-state index contributed by atoms with van der Waals surface area (Å²) in [6.45, 7) is 4.54. The van der Waals surface area contributed by atoms with Crippen LogP contribution in [0, 0.1) is 0 Å². The molecule has 0 fully saturated rings. The summed E-state index contributed by atoms with van der Waals surface area (Å²) in [7, 11) is 18.2. The Morgan fingerprint density at radius 2 is 0.855 bits per heavy atom. The van der Waals surface area contributed by atoms with Gasteiger partial charge in [0.15, 0.2) is 0 Å². The first-order valence-corrected chi connectivity index (χ1v) is 33.9. The number of fused-ring (bicyclic) bond motifs is 5. The molecule has 0 saturated carbocycles. The summed E-state index contributed by atoms with van der Waals surface area (Å²) in [4.78, 5) is 0. The van der Waals surface area contributed by atoms with Gasteiger partial charge in [-0.2, -0.15) is 0 Å². The Bertz CT molecular complexity index is 2940. The molecule has 2 atom stereocenters. The van der Waals surface area contributed by atoms with E-state index in [2.05, 4.69) is 214 Å². The second-order valence-corrected chi connectivity index (χ2v) is 39.7. The van der Waals surface area contributed by atoms with E-state index < -0.39 is 25.9 Å². The van der Waals surface area contributed by atoms with Gasteiger partial charge in [0.1, 0.15) is 0 Å². The van der Waals surface area contributed by atoms with Crippen LogP contribution < -0.4 is 13.6 Å². The minimum atomic E-state index is -5.94. The second kappa shape index (κ2) is 15.6. The maximum atomic E-state index is 9.56. The van der Waals surface area contributed by atoms with Crippen LogP contribution in [0.3, 0.4) is 0 Å². The van der Waals surface area contributed by atoms with Gasteiger partial charge in [0, 0.05) is 0 Å². The van der Waals surface area contributed by atoms with Crippen molar-refractivity contribution in [2.45, 2.75) is 33.9 Å².